The number of benzene rings is 2. The number of aromatic nitrogens is 1. The highest BCUT2D eigenvalue weighted by atomic mass is 16.2. The molecular formula is C28H26N4O4. The van der Waals surface area contributed by atoms with Crippen LogP contribution in [0.5, 0.6) is 0 Å². The molecule has 5 rings (SSSR count). The summed E-state index contributed by atoms with van der Waals surface area (Å²) >= 11 is 0. The Morgan fingerprint density at radius 2 is 1.47 bits per heavy atom. The van der Waals surface area contributed by atoms with Gasteiger partial charge in [-0.3, -0.25) is 29.1 Å². The van der Waals surface area contributed by atoms with E-state index in [1.807, 2.05) is 42.5 Å². The van der Waals surface area contributed by atoms with Crippen LogP contribution in [-0.2, 0) is 9.59 Å². The van der Waals surface area contributed by atoms with Gasteiger partial charge in [-0.25, -0.2) is 0 Å². The number of imide groups is 1. The lowest BCUT2D eigenvalue weighted by atomic mass is 9.93. The first-order valence-corrected chi connectivity index (χ1v) is 12.0. The van der Waals surface area contributed by atoms with Crippen LogP contribution in [0.4, 0.5) is 0 Å². The van der Waals surface area contributed by atoms with E-state index in [9.17, 15) is 19.2 Å². The zero-order valence-electron chi connectivity index (χ0n) is 19.7. The van der Waals surface area contributed by atoms with Crippen molar-refractivity contribution < 1.29 is 19.2 Å². The summed E-state index contributed by atoms with van der Waals surface area (Å²) in [5.74, 6) is -1.49. The molecule has 0 radical (unpaired) electrons. The van der Waals surface area contributed by atoms with Crippen molar-refractivity contribution in [1.82, 2.24) is 20.1 Å². The molecule has 8 heteroatoms. The Balaban J connectivity index is 1.19. The van der Waals surface area contributed by atoms with Crippen molar-refractivity contribution in [3.05, 3.63) is 101 Å². The quantitative estimate of drug-likeness (QED) is 0.545. The maximum absolute atomic E-state index is 13.2. The Bertz CT molecular complexity index is 1210. The number of nitrogens with one attached hydrogen (secondary N) is 1. The largest absolute Gasteiger partial charge is 0.345 e. The first-order valence-electron chi connectivity index (χ1n) is 12.0. The van der Waals surface area contributed by atoms with Gasteiger partial charge >= 0.3 is 0 Å². The number of carbonyl (C=O) groups excluding carboxylic acids is 4. The molecular weight excluding hydrogens is 456 g/mol. The Hall–Kier alpha value is -4.33. The minimum atomic E-state index is -0.444. The number of pyridine rings is 1. The molecule has 2 aromatic carbocycles. The predicted molar refractivity (Wildman–Crippen MR) is 132 cm³/mol. The van der Waals surface area contributed by atoms with Crippen molar-refractivity contribution in [2.75, 3.05) is 19.6 Å². The van der Waals surface area contributed by atoms with Gasteiger partial charge in [0.1, 0.15) is 6.54 Å². The Labute approximate surface area is 208 Å². The number of hydrogen-bond donors (Lipinski definition) is 1. The summed E-state index contributed by atoms with van der Waals surface area (Å²) in [5, 5.41) is 3.16. The van der Waals surface area contributed by atoms with Gasteiger partial charge in [0.2, 0.25) is 11.8 Å². The van der Waals surface area contributed by atoms with Crippen LogP contribution in [-0.4, -0.2) is 58.0 Å². The normalized spacial score (nSPS) is 16.6. The van der Waals surface area contributed by atoms with Crippen LogP contribution in [0.25, 0.3) is 0 Å². The summed E-state index contributed by atoms with van der Waals surface area (Å²) in [6, 6.07) is 19.8. The second-order valence-electron chi connectivity index (χ2n) is 9.04. The summed E-state index contributed by atoms with van der Waals surface area (Å²) in [4.78, 5) is 58.1. The van der Waals surface area contributed by atoms with Crippen LogP contribution in [0.1, 0.15) is 50.7 Å². The third kappa shape index (κ3) is 4.62. The van der Waals surface area contributed by atoms with Gasteiger partial charge in [-0.15, -0.1) is 0 Å². The molecule has 1 aromatic heterocycles. The fourth-order valence-electron chi connectivity index (χ4n) is 4.82. The molecule has 0 saturated carbocycles. The van der Waals surface area contributed by atoms with Crippen LogP contribution >= 0.6 is 0 Å². The summed E-state index contributed by atoms with van der Waals surface area (Å²) in [7, 11) is 0. The molecule has 1 fully saturated rings. The molecule has 0 aliphatic carbocycles. The van der Waals surface area contributed by atoms with Crippen LogP contribution in [0, 0.1) is 5.92 Å². The third-order valence-electron chi connectivity index (χ3n) is 6.83. The molecule has 4 amide bonds. The molecule has 0 bridgehead atoms. The third-order valence-corrected chi connectivity index (χ3v) is 6.83. The van der Waals surface area contributed by atoms with Gasteiger partial charge in [0.25, 0.3) is 11.8 Å². The monoisotopic (exact) mass is 482 g/mol. The minimum Gasteiger partial charge on any atom is -0.345 e. The summed E-state index contributed by atoms with van der Waals surface area (Å²) in [6.07, 6.45) is 4.46. The van der Waals surface area contributed by atoms with Crippen molar-refractivity contribution in [2.24, 2.45) is 5.92 Å². The number of carbonyl (C=O) groups is 4. The molecule has 8 nitrogen and oxygen atoms in total. The van der Waals surface area contributed by atoms with Crippen molar-refractivity contribution in [1.29, 1.82) is 0 Å². The lowest BCUT2D eigenvalue weighted by molar-refractivity contribution is -0.135. The lowest BCUT2D eigenvalue weighted by Gasteiger charge is -2.33. The van der Waals surface area contributed by atoms with Gasteiger partial charge in [0, 0.05) is 31.4 Å². The fraction of sp³-hybridized carbons (Fsp3) is 0.250. The number of piperidine rings is 1. The number of nitrogens with zero attached hydrogens (tertiary/aromatic N) is 3. The van der Waals surface area contributed by atoms with Crippen LogP contribution in [0.3, 0.4) is 0 Å². The van der Waals surface area contributed by atoms with Gasteiger partial charge < -0.3 is 10.2 Å². The molecule has 2 aliphatic rings. The molecule has 3 heterocycles. The molecule has 1 unspecified atom stereocenters. The Morgan fingerprint density at radius 1 is 0.861 bits per heavy atom. The first kappa shape index (κ1) is 23.4. The van der Waals surface area contributed by atoms with E-state index in [-0.39, 0.29) is 30.3 Å². The minimum absolute atomic E-state index is 0.0693. The van der Waals surface area contributed by atoms with Gasteiger partial charge in [-0.05, 0) is 42.2 Å². The van der Waals surface area contributed by atoms with Gasteiger partial charge in [-0.1, -0.05) is 48.5 Å². The topological polar surface area (TPSA) is 99.7 Å². The standard InChI is InChI=1S/C28H26N4O4/c33-24(18-32-27(35)22-10-4-5-11-23(22)28(32)36)31-15-12-20(13-16-31)26(34)30-25(19-7-2-1-3-8-19)21-9-6-14-29-17-21/h1-11,14,17,20,25H,12-13,15-16,18H2,(H,30,34). The average Bonchev–Trinajstić information content (AvgIpc) is 3.17. The maximum atomic E-state index is 13.2. The highest BCUT2D eigenvalue weighted by molar-refractivity contribution is 6.22. The second-order valence-corrected chi connectivity index (χ2v) is 9.04. The molecule has 1 N–H and O–H groups in total. The van der Waals surface area contributed by atoms with E-state index < -0.39 is 11.8 Å². The van der Waals surface area contributed by atoms with E-state index in [2.05, 4.69) is 10.3 Å². The number of fused-ring (bicyclic) bond motifs is 1. The van der Waals surface area contributed by atoms with Crippen molar-refractivity contribution >= 4 is 23.6 Å². The zero-order chi connectivity index (χ0) is 25.1. The lowest BCUT2D eigenvalue weighted by Crippen LogP contribution is -2.47. The molecule has 0 spiro atoms. The Morgan fingerprint density at radius 3 is 2.08 bits per heavy atom. The highest BCUT2D eigenvalue weighted by Gasteiger charge is 2.38. The molecule has 36 heavy (non-hydrogen) atoms. The Kier molecular flexibility index (Phi) is 6.58. The number of hydrogen-bond acceptors (Lipinski definition) is 5. The maximum Gasteiger partial charge on any atom is 0.262 e. The van der Waals surface area contributed by atoms with Crippen molar-refractivity contribution in [2.45, 2.75) is 18.9 Å². The van der Waals surface area contributed by atoms with E-state index in [1.54, 1.807) is 41.6 Å². The van der Waals surface area contributed by atoms with Crippen molar-refractivity contribution in [3.8, 4) is 0 Å². The SMILES string of the molecule is O=C(NC(c1ccccc1)c1cccnc1)C1CCN(C(=O)CN2C(=O)c3ccccc3C2=O)CC1. The predicted octanol–water partition coefficient (Wildman–Crippen LogP) is 2.82. The number of amides is 4. The van der Waals surface area contributed by atoms with E-state index in [1.165, 1.54) is 0 Å². The molecule has 1 saturated heterocycles. The fourth-order valence-corrected chi connectivity index (χ4v) is 4.82. The van der Waals surface area contributed by atoms with Gasteiger partial charge in [0.05, 0.1) is 17.2 Å². The van der Waals surface area contributed by atoms with E-state index in [4.69, 9.17) is 0 Å². The van der Waals surface area contributed by atoms with E-state index in [0.29, 0.717) is 37.1 Å². The highest BCUT2D eigenvalue weighted by Crippen LogP contribution is 2.25. The van der Waals surface area contributed by atoms with E-state index in [0.717, 1.165) is 16.0 Å². The van der Waals surface area contributed by atoms with Crippen LogP contribution in [0.15, 0.2) is 79.1 Å². The summed E-state index contributed by atoms with van der Waals surface area (Å²) in [6.45, 7) is 0.492. The summed E-state index contributed by atoms with van der Waals surface area (Å²) < 4.78 is 0. The second kappa shape index (κ2) is 10.1. The average molecular weight is 483 g/mol. The smallest absolute Gasteiger partial charge is 0.262 e. The summed E-state index contributed by atoms with van der Waals surface area (Å²) in [5.41, 5.74) is 2.51. The van der Waals surface area contributed by atoms with Gasteiger partial charge in [-0.2, -0.15) is 0 Å². The molecule has 2 aliphatic heterocycles. The van der Waals surface area contributed by atoms with Crippen LogP contribution in [0.2, 0.25) is 0 Å². The van der Waals surface area contributed by atoms with Crippen LogP contribution < -0.4 is 5.32 Å². The molecule has 182 valence electrons. The molecule has 3 aromatic rings. The van der Waals surface area contributed by atoms with E-state index >= 15 is 0 Å². The number of rotatable bonds is 6. The molecule has 1 atom stereocenters. The number of likely N-dealkylation sites (tertiary alicyclic amines) is 1. The zero-order valence-corrected chi connectivity index (χ0v) is 19.7. The van der Waals surface area contributed by atoms with Gasteiger partial charge in [0.15, 0.2) is 0 Å². The van der Waals surface area contributed by atoms with Crippen molar-refractivity contribution in [3.63, 3.8) is 0 Å². The first-order chi connectivity index (χ1) is 17.5.